The fourth-order valence-electron chi connectivity index (χ4n) is 1.97. The standard InChI is InChI=1S/C11H16N2O2S/c1-9-7-11(8-10(2)12-9)13-3-5-16(14,15)6-4-13/h7-8H,3-6H2,1-2H3. The molecule has 2 heterocycles. The summed E-state index contributed by atoms with van der Waals surface area (Å²) in [5, 5.41) is 0. The lowest BCUT2D eigenvalue weighted by Crippen LogP contribution is -2.40. The number of pyridine rings is 1. The van der Waals surface area contributed by atoms with Crippen molar-refractivity contribution in [3.63, 3.8) is 0 Å². The molecule has 1 aliphatic rings. The predicted molar refractivity (Wildman–Crippen MR) is 64.6 cm³/mol. The first-order valence-corrected chi connectivity index (χ1v) is 7.19. The Hall–Kier alpha value is -1.10. The van der Waals surface area contributed by atoms with Crippen molar-refractivity contribution in [3.05, 3.63) is 23.5 Å². The largest absolute Gasteiger partial charge is 0.369 e. The van der Waals surface area contributed by atoms with Crippen LogP contribution in [0.2, 0.25) is 0 Å². The van der Waals surface area contributed by atoms with Crippen molar-refractivity contribution in [3.8, 4) is 0 Å². The molecule has 1 saturated heterocycles. The van der Waals surface area contributed by atoms with Gasteiger partial charge in [0, 0.05) is 30.2 Å². The van der Waals surface area contributed by atoms with Gasteiger partial charge in [-0.3, -0.25) is 4.98 Å². The molecule has 1 aromatic rings. The maximum absolute atomic E-state index is 11.3. The van der Waals surface area contributed by atoms with Gasteiger partial charge in [0.15, 0.2) is 9.84 Å². The van der Waals surface area contributed by atoms with Crippen LogP contribution in [0.25, 0.3) is 0 Å². The van der Waals surface area contributed by atoms with Gasteiger partial charge in [-0.2, -0.15) is 0 Å². The van der Waals surface area contributed by atoms with Gasteiger partial charge in [-0.05, 0) is 26.0 Å². The molecule has 0 unspecified atom stereocenters. The molecule has 16 heavy (non-hydrogen) atoms. The van der Waals surface area contributed by atoms with E-state index in [1.54, 1.807) is 0 Å². The Bertz CT molecular complexity index is 462. The molecule has 0 bridgehead atoms. The molecule has 0 atom stereocenters. The van der Waals surface area contributed by atoms with Gasteiger partial charge in [0.1, 0.15) is 0 Å². The third-order valence-corrected chi connectivity index (χ3v) is 4.38. The van der Waals surface area contributed by atoms with Crippen LogP contribution in [0, 0.1) is 13.8 Å². The fourth-order valence-corrected chi connectivity index (χ4v) is 3.17. The summed E-state index contributed by atoms with van der Waals surface area (Å²) in [6, 6.07) is 4.01. The molecule has 0 N–H and O–H groups in total. The Morgan fingerprint density at radius 3 is 2.12 bits per heavy atom. The third-order valence-electron chi connectivity index (χ3n) is 2.78. The average Bonchev–Trinajstić information content (AvgIpc) is 2.15. The van der Waals surface area contributed by atoms with Crippen LogP contribution in [-0.4, -0.2) is 38.0 Å². The van der Waals surface area contributed by atoms with Gasteiger partial charge in [-0.15, -0.1) is 0 Å². The number of nitrogens with zero attached hydrogens (tertiary/aromatic N) is 2. The second-order valence-corrected chi connectivity index (χ2v) is 6.55. The summed E-state index contributed by atoms with van der Waals surface area (Å²) in [5.74, 6) is 0.515. The van der Waals surface area contributed by atoms with E-state index in [1.165, 1.54) is 0 Å². The molecule has 4 nitrogen and oxygen atoms in total. The first kappa shape index (κ1) is 11.4. The molecule has 2 rings (SSSR count). The molecule has 1 fully saturated rings. The zero-order valence-corrected chi connectivity index (χ0v) is 10.4. The van der Waals surface area contributed by atoms with Gasteiger partial charge in [-0.25, -0.2) is 8.42 Å². The van der Waals surface area contributed by atoms with Gasteiger partial charge in [0.2, 0.25) is 0 Å². The first-order valence-electron chi connectivity index (χ1n) is 5.37. The number of anilines is 1. The van der Waals surface area contributed by atoms with Crippen LogP contribution in [0.15, 0.2) is 12.1 Å². The first-order chi connectivity index (χ1) is 7.46. The normalized spacial score (nSPS) is 19.8. The van der Waals surface area contributed by atoms with E-state index in [-0.39, 0.29) is 11.5 Å². The van der Waals surface area contributed by atoms with Crippen LogP contribution in [0.5, 0.6) is 0 Å². The monoisotopic (exact) mass is 240 g/mol. The van der Waals surface area contributed by atoms with E-state index in [4.69, 9.17) is 0 Å². The molecule has 0 radical (unpaired) electrons. The van der Waals surface area contributed by atoms with Crippen LogP contribution < -0.4 is 4.90 Å². The van der Waals surface area contributed by atoms with E-state index in [0.29, 0.717) is 13.1 Å². The lowest BCUT2D eigenvalue weighted by atomic mass is 10.2. The molecule has 5 heteroatoms. The van der Waals surface area contributed by atoms with Gasteiger partial charge in [0.05, 0.1) is 11.5 Å². The highest BCUT2D eigenvalue weighted by Gasteiger charge is 2.21. The van der Waals surface area contributed by atoms with E-state index in [0.717, 1.165) is 17.1 Å². The summed E-state index contributed by atoms with van der Waals surface area (Å²) in [5.41, 5.74) is 3.03. The Labute approximate surface area is 96.2 Å². The Balaban J connectivity index is 2.20. The smallest absolute Gasteiger partial charge is 0.153 e. The highest BCUT2D eigenvalue weighted by molar-refractivity contribution is 7.91. The minimum atomic E-state index is -2.80. The fraction of sp³-hybridized carbons (Fsp3) is 0.545. The zero-order chi connectivity index (χ0) is 11.8. The summed E-state index contributed by atoms with van der Waals surface area (Å²) in [6.07, 6.45) is 0. The van der Waals surface area contributed by atoms with Gasteiger partial charge in [0.25, 0.3) is 0 Å². The Morgan fingerprint density at radius 2 is 1.62 bits per heavy atom. The van der Waals surface area contributed by atoms with E-state index < -0.39 is 9.84 Å². The molecular formula is C11H16N2O2S. The summed E-state index contributed by atoms with van der Waals surface area (Å²) < 4.78 is 22.6. The van der Waals surface area contributed by atoms with Crippen LogP contribution in [0.3, 0.4) is 0 Å². The quantitative estimate of drug-likeness (QED) is 0.733. The predicted octanol–water partition coefficient (Wildman–Crippen LogP) is 0.933. The second kappa shape index (κ2) is 4.05. The van der Waals surface area contributed by atoms with Crippen molar-refractivity contribution >= 4 is 15.5 Å². The molecule has 1 aliphatic heterocycles. The van der Waals surface area contributed by atoms with Gasteiger partial charge in [-0.1, -0.05) is 0 Å². The van der Waals surface area contributed by atoms with E-state index in [1.807, 2.05) is 26.0 Å². The summed E-state index contributed by atoms with van der Waals surface area (Å²) >= 11 is 0. The molecule has 1 aromatic heterocycles. The van der Waals surface area contributed by atoms with Crippen LogP contribution in [0.4, 0.5) is 5.69 Å². The molecule has 0 aromatic carbocycles. The molecule has 0 aliphatic carbocycles. The maximum atomic E-state index is 11.3. The second-order valence-electron chi connectivity index (χ2n) is 4.25. The molecule has 0 saturated carbocycles. The highest BCUT2D eigenvalue weighted by atomic mass is 32.2. The Morgan fingerprint density at radius 1 is 1.12 bits per heavy atom. The van der Waals surface area contributed by atoms with Crippen molar-refractivity contribution in [2.24, 2.45) is 0 Å². The van der Waals surface area contributed by atoms with E-state index in [2.05, 4.69) is 9.88 Å². The topological polar surface area (TPSA) is 50.3 Å². The van der Waals surface area contributed by atoms with Crippen LogP contribution in [0.1, 0.15) is 11.4 Å². The molecule has 88 valence electrons. The van der Waals surface area contributed by atoms with Crippen molar-refractivity contribution in [2.45, 2.75) is 13.8 Å². The lowest BCUT2D eigenvalue weighted by Gasteiger charge is -2.29. The maximum Gasteiger partial charge on any atom is 0.153 e. The molecule has 0 spiro atoms. The van der Waals surface area contributed by atoms with E-state index in [9.17, 15) is 8.42 Å². The number of aromatic nitrogens is 1. The average molecular weight is 240 g/mol. The zero-order valence-electron chi connectivity index (χ0n) is 9.60. The SMILES string of the molecule is Cc1cc(N2CCS(=O)(=O)CC2)cc(C)n1. The van der Waals surface area contributed by atoms with Gasteiger partial charge < -0.3 is 4.90 Å². The van der Waals surface area contributed by atoms with Crippen molar-refractivity contribution < 1.29 is 8.42 Å². The van der Waals surface area contributed by atoms with Gasteiger partial charge >= 0.3 is 0 Å². The molecule has 0 amide bonds. The van der Waals surface area contributed by atoms with Crippen molar-refractivity contribution in [1.29, 1.82) is 0 Å². The highest BCUT2D eigenvalue weighted by Crippen LogP contribution is 2.18. The lowest BCUT2D eigenvalue weighted by molar-refractivity contribution is 0.587. The minimum Gasteiger partial charge on any atom is -0.369 e. The minimum absolute atomic E-state index is 0.257. The van der Waals surface area contributed by atoms with Crippen LogP contribution in [-0.2, 0) is 9.84 Å². The van der Waals surface area contributed by atoms with E-state index >= 15 is 0 Å². The number of aryl methyl sites for hydroxylation is 2. The number of sulfone groups is 1. The Kier molecular flexibility index (Phi) is 2.88. The van der Waals surface area contributed by atoms with Crippen LogP contribution >= 0.6 is 0 Å². The number of rotatable bonds is 1. The number of hydrogen-bond acceptors (Lipinski definition) is 4. The summed E-state index contributed by atoms with van der Waals surface area (Å²) in [6.45, 7) is 5.09. The summed E-state index contributed by atoms with van der Waals surface area (Å²) in [7, 11) is -2.80. The molecular weight excluding hydrogens is 224 g/mol. The van der Waals surface area contributed by atoms with Crippen molar-refractivity contribution in [2.75, 3.05) is 29.5 Å². The van der Waals surface area contributed by atoms with Crippen molar-refractivity contribution in [1.82, 2.24) is 4.98 Å². The number of hydrogen-bond donors (Lipinski definition) is 0. The summed E-state index contributed by atoms with van der Waals surface area (Å²) in [4.78, 5) is 6.43. The third kappa shape index (κ3) is 2.52.